The standard InChI is InChI=1S/C5H8N4O/c6-4(10)3-1-8-5(7)9-2-3/h1,3H,2H2,(H2,6,10)(H2,7,9). The highest BCUT2D eigenvalue weighted by Gasteiger charge is 2.14. The van der Waals surface area contributed by atoms with Crippen LogP contribution in [0.1, 0.15) is 0 Å². The Hall–Kier alpha value is -1.39. The number of guanidine groups is 1. The molecule has 5 heteroatoms. The Morgan fingerprint density at radius 3 is 2.90 bits per heavy atom. The van der Waals surface area contributed by atoms with Crippen molar-refractivity contribution < 1.29 is 4.79 Å². The van der Waals surface area contributed by atoms with Crippen molar-refractivity contribution in [3.8, 4) is 0 Å². The van der Waals surface area contributed by atoms with Gasteiger partial charge in [0.25, 0.3) is 0 Å². The third-order valence-electron chi connectivity index (χ3n) is 1.20. The summed E-state index contributed by atoms with van der Waals surface area (Å²) in [6.45, 7) is 0.324. The average molecular weight is 140 g/mol. The highest BCUT2D eigenvalue weighted by atomic mass is 16.1. The lowest BCUT2D eigenvalue weighted by Crippen LogP contribution is -2.30. The molecule has 0 radical (unpaired) electrons. The smallest absolute Gasteiger partial charge is 0.227 e. The van der Waals surface area contributed by atoms with Gasteiger partial charge >= 0.3 is 0 Å². The lowest BCUT2D eigenvalue weighted by atomic mass is 10.1. The highest BCUT2D eigenvalue weighted by Crippen LogP contribution is 1.97. The molecule has 0 fully saturated rings. The molecule has 0 aromatic heterocycles. The lowest BCUT2D eigenvalue weighted by Gasteiger charge is -2.07. The Balaban J connectivity index is 2.60. The third-order valence-corrected chi connectivity index (χ3v) is 1.20. The van der Waals surface area contributed by atoms with E-state index in [4.69, 9.17) is 11.5 Å². The van der Waals surface area contributed by atoms with Crippen molar-refractivity contribution in [1.82, 2.24) is 0 Å². The van der Waals surface area contributed by atoms with Crippen LogP contribution in [0.3, 0.4) is 0 Å². The third kappa shape index (κ3) is 1.31. The molecule has 1 heterocycles. The summed E-state index contributed by atoms with van der Waals surface area (Å²) in [5.74, 6) is -0.593. The zero-order valence-electron chi connectivity index (χ0n) is 5.32. The van der Waals surface area contributed by atoms with Gasteiger partial charge in [-0.1, -0.05) is 0 Å². The van der Waals surface area contributed by atoms with E-state index in [0.29, 0.717) is 6.54 Å². The Labute approximate surface area is 57.8 Å². The van der Waals surface area contributed by atoms with Crippen molar-refractivity contribution in [2.45, 2.75) is 0 Å². The van der Waals surface area contributed by atoms with Gasteiger partial charge < -0.3 is 11.5 Å². The van der Waals surface area contributed by atoms with Crippen molar-refractivity contribution in [2.75, 3.05) is 6.54 Å². The van der Waals surface area contributed by atoms with Gasteiger partial charge in [-0.2, -0.15) is 0 Å². The fraction of sp³-hybridized carbons (Fsp3) is 0.400. The number of hydrogen-bond donors (Lipinski definition) is 2. The summed E-state index contributed by atoms with van der Waals surface area (Å²) < 4.78 is 0. The van der Waals surface area contributed by atoms with E-state index in [-0.39, 0.29) is 11.9 Å². The maximum Gasteiger partial charge on any atom is 0.227 e. The molecular formula is C5H8N4O. The van der Waals surface area contributed by atoms with Crippen LogP contribution >= 0.6 is 0 Å². The average Bonchev–Trinajstić information content (AvgIpc) is 1.88. The van der Waals surface area contributed by atoms with Crippen LogP contribution in [0.5, 0.6) is 0 Å². The molecule has 5 nitrogen and oxygen atoms in total. The van der Waals surface area contributed by atoms with Crippen LogP contribution in [0.15, 0.2) is 9.98 Å². The Kier molecular flexibility index (Phi) is 1.66. The molecule has 10 heavy (non-hydrogen) atoms. The van der Waals surface area contributed by atoms with Gasteiger partial charge in [-0.25, -0.2) is 4.99 Å². The first-order valence-electron chi connectivity index (χ1n) is 2.83. The second-order valence-corrected chi connectivity index (χ2v) is 1.99. The zero-order valence-corrected chi connectivity index (χ0v) is 5.32. The van der Waals surface area contributed by atoms with Crippen LogP contribution in [0, 0.1) is 5.92 Å². The largest absolute Gasteiger partial charge is 0.369 e. The minimum atomic E-state index is -0.417. The second-order valence-electron chi connectivity index (χ2n) is 1.99. The van der Waals surface area contributed by atoms with E-state index in [2.05, 4.69) is 9.98 Å². The van der Waals surface area contributed by atoms with E-state index in [0.717, 1.165) is 0 Å². The molecule has 1 rings (SSSR count). The Morgan fingerprint density at radius 1 is 1.80 bits per heavy atom. The molecule has 1 aliphatic rings. The molecule has 0 aromatic carbocycles. The van der Waals surface area contributed by atoms with E-state index >= 15 is 0 Å². The number of rotatable bonds is 1. The Bertz CT molecular complexity index is 208. The first-order chi connectivity index (χ1) is 4.70. The topological polar surface area (TPSA) is 93.8 Å². The van der Waals surface area contributed by atoms with E-state index in [1.807, 2.05) is 0 Å². The van der Waals surface area contributed by atoms with Crippen LogP contribution in [-0.4, -0.2) is 24.6 Å². The molecule has 0 spiro atoms. The van der Waals surface area contributed by atoms with Crippen molar-refractivity contribution in [3.05, 3.63) is 0 Å². The highest BCUT2D eigenvalue weighted by molar-refractivity contribution is 5.99. The summed E-state index contributed by atoms with van der Waals surface area (Å²) in [5.41, 5.74) is 10.2. The SMILES string of the molecule is NC(=O)C1C=NC(N)=NC1. The summed E-state index contributed by atoms with van der Waals surface area (Å²) in [6.07, 6.45) is 1.42. The van der Waals surface area contributed by atoms with E-state index in [1.165, 1.54) is 6.21 Å². The molecule has 0 bridgehead atoms. The Morgan fingerprint density at radius 2 is 2.50 bits per heavy atom. The minimum absolute atomic E-state index is 0.206. The molecule has 1 aliphatic heterocycles. The summed E-state index contributed by atoms with van der Waals surface area (Å²) in [4.78, 5) is 17.8. The van der Waals surface area contributed by atoms with E-state index in [9.17, 15) is 4.79 Å². The van der Waals surface area contributed by atoms with E-state index < -0.39 is 5.91 Å². The molecule has 1 unspecified atom stereocenters. The summed E-state index contributed by atoms with van der Waals surface area (Å²) >= 11 is 0. The molecule has 1 amide bonds. The number of nitrogens with zero attached hydrogens (tertiary/aromatic N) is 2. The molecule has 54 valence electrons. The van der Waals surface area contributed by atoms with Gasteiger partial charge in [0.2, 0.25) is 11.9 Å². The van der Waals surface area contributed by atoms with Crippen molar-refractivity contribution in [2.24, 2.45) is 27.4 Å². The number of primary amides is 1. The predicted octanol–water partition coefficient (Wildman–Crippen LogP) is -1.51. The molecule has 0 aromatic rings. The first-order valence-corrected chi connectivity index (χ1v) is 2.83. The van der Waals surface area contributed by atoms with Gasteiger partial charge in [0.05, 0.1) is 12.5 Å². The predicted molar refractivity (Wildman–Crippen MR) is 37.7 cm³/mol. The summed E-state index contributed by atoms with van der Waals surface area (Å²) in [6, 6.07) is 0. The van der Waals surface area contributed by atoms with Crippen LogP contribution in [0.4, 0.5) is 0 Å². The minimum Gasteiger partial charge on any atom is -0.369 e. The second kappa shape index (κ2) is 2.47. The van der Waals surface area contributed by atoms with Gasteiger partial charge in [0, 0.05) is 6.21 Å². The van der Waals surface area contributed by atoms with E-state index in [1.54, 1.807) is 0 Å². The maximum atomic E-state index is 10.5. The maximum absolute atomic E-state index is 10.5. The number of carbonyl (C=O) groups excluding carboxylic acids is 1. The molecule has 4 N–H and O–H groups in total. The van der Waals surface area contributed by atoms with Crippen molar-refractivity contribution in [1.29, 1.82) is 0 Å². The van der Waals surface area contributed by atoms with Crippen molar-refractivity contribution >= 4 is 18.1 Å². The van der Waals surface area contributed by atoms with Gasteiger partial charge in [0.15, 0.2) is 0 Å². The van der Waals surface area contributed by atoms with Gasteiger partial charge in [-0.15, -0.1) is 0 Å². The zero-order chi connectivity index (χ0) is 7.56. The number of carbonyl (C=O) groups is 1. The number of nitrogens with two attached hydrogens (primary N) is 2. The lowest BCUT2D eigenvalue weighted by molar-refractivity contribution is -0.119. The number of aliphatic imine (C=N–C) groups is 2. The molecule has 0 saturated heterocycles. The van der Waals surface area contributed by atoms with Crippen molar-refractivity contribution in [3.63, 3.8) is 0 Å². The van der Waals surface area contributed by atoms with Gasteiger partial charge in [-0.3, -0.25) is 9.79 Å². The first kappa shape index (κ1) is 6.73. The fourth-order valence-corrected chi connectivity index (χ4v) is 0.610. The monoisotopic (exact) mass is 140 g/mol. The normalized spacial score (nSPS) is 24.0. The molecule has 0 aliphatic carbocycles. The number of amides is 1. The quantitative estimate of drug-likeness (QED) is 0.463. The summed E-state index contributed by atoms with van der Waals surface area (Å²) in [7, 11) is 0. The molecule has 1 atom stereocenters. The van der Waals surface area contributed by atoms with Crippen LogP contribution in [-0.2, 0) is 4.79 Å². The fourth-order valence-electron chi connectivity index (χ4n) is 0.610. The summed E-state index contributed by atoms with van der Waals surface area (Å²) in [5, 5.41) is 0. The van der Waals surface area contributed by atoms with Gasteiger partial charge in [-0.05, 0) is 0 Å². The van der Waals surface area contributed by atoms with Gasteiger partial charge in [0.1, 0.15) is 0 Å². The molecular weight excluding hydrogens is 132 g/mol. The van der Waals surface area contributed by atoms with Crippen LogP contribution in [0.25, 0.3) is 0 Å². The van der Waals surface area contributed by atoms with Crippen LogP contribution in [0.2, 0.25) is 0 Å². The molecule has 0 saturated carbocycles. The number of hydrogen-bond acceptors (Lipinski definition) is 4. The van der Waals surface area contributed by atoms with Crippen LogP contribution < -0.4 is 11.5 Å².